The molecule has 0 saturated heterocycles. The Hall–Kier alpha value is -1.96. The van der Waals surface area contributed by atoms with Gasteiger partial charge in [-0.15, -0.1) is 34.0 Å². The summed E-state index contributed by atoms with van der Waals surface area (Å²) in [5, 5.41) is 0. The van der Waals surface area contributed by atoms with Crippen LogP contribution in [0, 0.1) is 0 Å². The molecule has 3 heterocycles. The molecule has 0 aliphatic carbocycles. The van der Waals surface area contributed by atoms with E-state index in [0.717, 1.165) is 19.5 Å². The minimum absolute atomic E-state index is 0.284. The number of esters is 2. The van der Waals surface area contributed by atoms with Crippen LogP contribution in [-0.2, 0) is 9.47 Å². The van der Waals surface area contributed by atoms with E-state index in [1.54, 1.807) is 37.3 Å². The molecule has 0 saturated carbocycles. The highest BCUT2D eigenvalue weighted by Crippen LogP contribution is 2.40. The van der Waals surface area contributed by atoms with Gasteiger partial charge in [-0.25, -0.2) is 9.59 Å². The van der Waals surface area contributed by atoms with Crippen LogP contribution in [0.5, 0.6) is 0 Å². The molecule has 0 amide bonds. The van der Waals surface area contributed by atoms with Crippen LogP contribution in [0.1, 0.15) is 33.2 Å². The van der Waals surface area contributed by atoms with Gasteiger partial charge in [0.05, 0.1) is 13.2 Å². The molecule has 0 spiro atoms. The highest BCUT2D eigenvalue weighted by molar-refractivity contribution is 7.27. The van der Waals surface area contributed by atoms with Gasteiger partial charge >= 0.3 is 11.9 Å². The van der Waals surface area contributed by atoms with Crippen molar-refractivity contribution in [2.45, 2.75) is 13.8 Å². The molecule has 0 aromatic carbocycles. The van der Waals surface area contributed by atoms with E-state index in [0.29, 0.717) is 23.0 Å². The lowest BCUT2D eigenvalue weighted by Gasteiger charge is -1.97. The predicted molar refractivity (Wildman–Crippen MR) is 103 cm³/mol. The molecule has 0 atom stereocenters. The normalized spacial score (nSPS) is 10.6. The van der Waals surface area contributed by atoms with Gasteiger partial charge in [-0.2, -0.15) is 0 Å². The molecule has 3 aromatic heterocycles. The summed E-state index contributed by atoms with van der Waals surface area (Å²) in [6, 6.07) is 11.5. The lowest BCUT2D eigenvalue weighted by molar-refractivity contribution is 0.0522. The van der Waals surface area contributed by atoms with Gasteiger partial charge in [0.15, 0.2) is 0 Å². The minimum Gasteiger partial charge on any atom is -0.462 e. The zero-order valence-corrected chi connectivity index (χ0v) is 16.2. The maximum atomic E-state index is 11.8. The van der Waals surface area contributed by atoms with Crippen LogP contribution >= 0.6 is 34.0 Å². The second-order valence-corrected chi connectivity index (χ2v) is 8.18. The highest BCUT2D eigenvalue weighted by Gasteiger charge is 2.15. The van der Waals surface area contributed by atoms with Crippen LogP contribution in [0.3, 0.4) is 0 Å². The molecule has 3 rings (SSSR count). The molecule has 0 aliphatic heterocycles. The van der Waals surface area contributed by atoms with E-state index in [-0.39, 0.29) is 11.9 Å². The van der Waals surface area contributed by atoms with Gasteiger partial charge in [0, 0.05) is 19.5 Å². The van der Waals surface area contributed by atoms with E-state index in [4.69, 9.17) is 9.47 Å². The lowest BCUT2D eigenvalue weighted by Crippen LogP contribution is -2.01. The predicted octanol–water partition coefficient (Wildman–Crippen LogP) is 5.56. The van der Waals surface area contributed by atoms with Crippen LogP contribution < -0.4 is 0 Å². The van der Waals surface area contributed by atoms with Crippen molar-refractivity contribution >= 4 is 45.9 Å². The molecular formula is C18H16O4S3. The number of ether oxygens (including phenoxy) is 2. The second kappa shape index (κ2) is 7.95. The Balaban J connectivity index is 1.79. The first-order valence-electron chi connectivity index (χ1n) is 7.76. The Kier molecular flexibility index (Phi) is 5.67. The Morgan fingerprint density at radius 1 is 0.680 bits per heavy atom. The first-order chi connectivity index (χ1) is 12.1. The average molecular weight is 393 g/mol. The van der Waals surface area contributed by atoms with Gasteiger partial charge in [-0.05, 0) is 50.2 Å². The van der Waals surface area contributed by atoms with Crippen molar-refractivity contribution in [3.63, 3.8) is 0 Å². The third kappa shape index (κ3) is 4.00. The topological polar surface area (TPSA) is 52.6 Å². The average Bonchev–Trinajstić information content (AvgIpc) is 3.33. The maximum Gasteiger partial charge on any atom is 0.348 e. The van der Waals surface area contributed by atoms with E-state index in [2.05, 4.69) is 0 Å². The van der Waals surface area contributed by atoms with E-state index < -0.39 is 0 Å². The van der Waals surface area contributed by atoms with Crippen LogP contribution in [0.2, 0.25) is 0 Å². The van der Waals surface area contributed by atoms with Crippen LogP contribution in [0.4, 0.5) is 0 Å². The molecule has 7 heteroatoms. The summed E-state index contributed by atoms with van der Waals surface area (Å²) < 4.78 is 10.1. The van der Waals surface area contributed by atoms with Crippen molar-refractivity contribution in [1.29, 1.82) is 0 Å². The number of thiophene rings is 3. The van der Waals surface area contributed by atoms with Crippen LogP contribution in [-0.4, -0.2) is 25.2 Å². The Morgan fingerprint density at radius 3 is 1.44 bits per heavy atom. The molecule has 0 bridgehead atoms. The largest absolute Gasteiger partial charge is 0.462 e. The fourth-order valence-corrected chi connectivity index (χ4v) is 5.15. The minimum atomic E-state index is -0.284. The molecule has 0 radical (unpaired) electrons. The number of rotatable bonds is 6. The summed E-state index contributed by atoms with van der Waals surface area (Å²) in [4.78, 5) is 29.0. The van der Waals surface area contributed by atoms with Crippen molar-refractivity contribution in [2.24, 2.45) is 0 Å². The summed E-state index contributed by atoms with van der Waals surface area (Å²) >= 11 is 4.48. The van der Waals surface area contributed by atoms with Crippen molar-refractivity contribution in [3.05, 3.63) is 46.2 Å². The van der Waals surface area contributed by atoms with Crippen molar-refractivity contribution < 1.29 is 19.1 Å². The first kappa shape index (κ1) is 17.8. The zero-order valence-electron chi connectivity index (χ0n) is 13.7. The molecular weight excluding hydrogens is 376 g/mol. The summed E-state index contributed by atoms with van der Waals surface area (Å²) in [6.07, 6.45) is 0. The SMILES string of the molecule is CCOC(=O)c1ccc(-c2ccc(-c3ccc(C(=O)OCC)s3)s2)s1. The molecule has 0 unspecified atom stereocenters. The fraction of sp³-hybridized carbons (Fsp3) is 0.222. The Labute approximate surface area is 157 Å². The smallest absolute Gasteiger partial charge is 0.348 e. The standard InChI is InChI=1S/C18H16O4S3/c1-3-21-17(19)15-9-7-13(24-15)11-5-6-12(23-11)14-8-10-16(25-14)18(20)22-4-2/h5-10H,3-4H2,1-2H3. The van der Waals surface area contributed by atoms with Gasteiger partial charge in [0.1, 0.15) is 9.75 Å². The first-order valence-corrected chi connectivity index (χ1v) is 10.2. The molecule has 0 aliphatic rings. The van der Waals surface area contributed by atoms with E-state index >= 15 is 0 Å². The summed E-state index contributed by atoms with van der Waals surface area (Å²) in [7, 11) is 0. The lowest BCUT2D eigenvalue weighted by atomic mass is 10.3. The van der Waals surface area contributed by atoms with E-state index in [9.17, 15) is 9.59 Å². The number of carbonyl (C=O) groups is 2. The van der Waals surface area contributed by atoms with E-state index in [1.807, 2.05) is 24.3 Å². The molecule has 25 heavy (non-hydrogen) atoms. The molecule has 0 N–H and O–H groups in total. The van der Waals surface area contributed by atoms with Gasteiger partial charge in [-0.1, -0.05) is 0 Å². The monoisotopic (exact) mass is 392 g/mol. The Bertz CT molecular complexity index is 817. The maximum absolute atomic E-state index is 11.8. The second-order valence-electron chi connectivity index (χ2n) is 4.93. The molecule has 0 fully saturated rings. The number of hydrogen-bond acceptors (Lipinski definition) is 7. The van der Waals surface area contributed by atoms with Gasteiger partial charge in [0.2, 0.25) is 0 Å². The van der Waals surface area contributed by atoms with Crippen LogP contribution in [0.15, 0.2) is 36.4 Å². The van der Waals surface area contributed by atoms with Gasteiger partial charge in [-0.3, -0.25) is 0 Å². The van der Waals surface area contributed by atoms with Crippen molar-refractivity contribution in [3.8, 4) is 19.5 Å². The third-order valence-corrected chi connectivity index (χ3v) is 6.86. The molecule has 130 valence electrons. The summed E-state index contributed by atoms with van der Waals surface area (Å²) in [5.41, 5.74) is 0. The highest BCUT2D eigenvalue weighted by atomic mass is 32.1. The quantitative estimate of drug-likeness (QED) is 0.516. The molecule has 3 aromatic rings. The zero-order chi connectivity index (χ0) is 17.8. The summed E-state index contributed by atoms with van der Waals surface area (Å²) in [6.45, 7) is 4.33. The van der Waals surface area contributed by atoms with E-state index in [1.165, 1.54) is 22.7 Å². The third-order valence-electron chi connectivity index (χ3n) is 3.26. The van der Waals surface area contributed by atoms with Crippen LogP contribution in [0.25, 0.3) is 19.5 Å². The Morgan fingerprint density at radius 2 is 1.04 bits per heavy atom. The van der Waals surface area contributed by atoms with Gasteiger partial charge in [0.25, 0.3) is 0 Å². The summed E-state index contributed by atoms with van der Waals surface area (Å²) in [5.74, 6) is -0.569. The number of hydrogen-bond donors (Lipinski definition) is 0. The van der Waals surface area contributed by atoms with Crippen molar-refractivity contribution in [1.82, 2.24) is 0 Å². The van der Waals surface area contributed by atoms with Gasteiger partial charge < -0.3 is 9.47 Å². The fourth-order valence-electron chi connectivity index (χ4n) is 2.17. The molecule has 4 nitrogen and oxygen atoms in total. The number of carbonyl (C=O) groups excluding carboxylic acids is 2. The van der Waals surface area contributed by atoms with Crippen molar-refractivity contribution in [2.75, 3.05) is 13.2 Å².